The molecule has 1 aromatic carbocycles. The van der Waals surface area contributed by atoms with Gasteiger partial charge in [0, 0.05) is 35.2 Å². The van der Waals surface area contributed by atoms with Gasteiger partial charge in [-0.15, -0.1) is 0 Å². The minimum atomic E-state index is -0.252. The van der Waals surface area contributed by atoms with E-state index in [4.69, 9.17) is 0 Å². The molecular formula is C23H28N4O. The van der Waals surface area contributed by atoms with Crippen molar-refractivity contribution in [3.05, 3.63) is 65.0 Å². The zero-order chi connectivity index (χ0) is 20.5. The van der Waals surface area contributed by atoms with Gasteiger partial charge in [0.15, 0.2) is 0 Å². The number of hydrogen-bond acceptors (Lipinski definition) is 4. The van der Waals surface area contributed by atoms with E-state index in [0.29, 0.717) is 11.6 Å². The lowest BCUT2D eigenvalue weighted by atomic mass is 9.86. The molecule has 1 aromatic heterocycles. The van der Waals surface area contributed by atoms with Crippen LogP contribution in [0.5, 0.6) is 0 Å². The van der Waals surface area contributed by atoms with Crippen LogP contribution in [0.3, 0.4) is 0 Å². The minimum absolute atomic E-state index is 0.0359. The van der Waals surface area contributed by atoms with E-state index in [0.717, 1.165) is 11.1 Å². The van der Waals surface area contributed by atoms with E-state index in [2.05, 4.69) is 80.2 Å². The van der Waals surface area contributed by atoms with E-state index in [1.165, 1.54) is 16.8 Å². The van der Waals surface area contributed by atoms with Crippen LogP contribution in [0.1, 0.15) is 61.7 Å². The van der Waals surface area contributed by atoms with Gasteiger partial charge in [-0.05, 0) is 82.5 Å². The SMILES string of the molecule is CC1=CC(C)(C)N(C(C)C)c2cc(C)c(/C=N\NC(=O)c3ccncc3)cc21. The van der Waals surface area contributed by atoms with Crippen molar-refractivity contribution in [3.8, 4) is 0 Å². The molecule has 0 radical (unpaired) electrons. The van der Waals surface area contributed by atoms with Crippen LogP contribution in [0.25, 0.3) is 5.57 Å². The zero-order valence-electron chi connectivity index (χ0n) is 17.4. The highest BCUT2D eigenvalue weighted by molar-refractivity contribution is 5.95. The zero-order valence-corrected chi connectivity index (χ0v) is 17.4. The van der Waals surface area contributed by atoms with Gasteiger partial charge in [-0.1, -0.05) is 6.08 Å². The first-order valence-corrected chi connectivity index (χ1v) is 9.58. The van der Waals surface area contributed by atoms with Gasteiger partial charge in [-0.2, -0.15) is 5.10 Å². The molecule has 0 fully saturated rings. The molecule has 3 rings (SSSR count). The molecule has 0 spiro atoms. The lowest BCUT2D eigenvalue weighted by molar-refractivity contribution is 0.0955. The Morgan fingerprint density at radius 1 is 1.21 bits per heavy atom. The number of hydrogen-bond donors (Lipinski definition) is 1. The normalized spacial score (nSPS) is 15.5. The second-order valence-electron chi connectivity index (χ2n) is 8.11. The molecule has 0 atom stereocenters. The van der Waals surface area contributed by atoms with Crippen molar-refractivity contribution < 1.29 is 4.79 Å². The molecule has 5 heteroatoms. The Hall–Kier alpha value is -2.95. The molecule has 0 unspecified atom stereocenters. The molecule has 0 bridgehead atoms. The molecule has 1 aliphatic rings. The first kappa shape index (κ1) is 19.8. The van der Waals surface area contributed by atoms with Crippen LogP contribution in [0.2, 0.25) is 0 Å². The molecule has 146 valence electrons. The number of nitrogens with one attached hydrogen (secondary N) is 1. The topological polar surface area (TPSA) is 57.6 Å². The van der Waals surface area contributed by atoms with Gasteiger partial charge < -0.3 is 4.90 Å². The van der Waals surface area contributed by atoms with Crippen LogP contribution in [0.4, 0.5) is 5.69 Å². The van der Waals surface area contributed by atoms with E-state index in [1.807, 2.05) is 0 Å². The fraction of sp³-hybridized carbons (Fsp3) is 0.348. The molecule has 0 saturated heterocycles. The number of benzene rings is 1. The molecule has 0 aliphatic carbocycles. The average Bonchev–Trinajstić information content (AvgIpc) is 2.62. The highest BCUT2D eigenvalue weighted by atomic mass is 16.2. The molecule has 0 saturated carbocycles. The van der Waals surface area contributed by atoms with E-state index in [9.17, 15) is 4.79 Å². The van der Waals surface area contributed by atoms with Crippen molar-refractivity contribution in [2.45, 2.75) is 53.1 Å². The number of amides is 1. The molecule has 28 heavy (non-hydrogen) atoms. The Bertz CT molecular complexity index is 943. The van der Waals surface area contributed by atoms with Crippen LogP contribution < -0.4 is 10.3 Å². The highest BCUT2D eigenvalue weighted by Gasteiger charge is 2.33. The molecule has 2 aromatic rings. The maximum absolute atomic E-state index is 12.1. The fourth-order valence-electron chi connectivity index (χ4n) is 4.02. The van der Waals surface area contributed by atoms with Crippen molar-refractivity contribution in [3.63, 3.8) is 0 Å². The number of pyridine rings is 1. The van der Waals surface area contributed by atoms with Crippen LogP contribution in [-0.2, 0) is 0 Å². The molecular weight excluding hydrogens is 348 g/mol. The largest absolute Gasteiger partial charge is 0.360 e. The minimum Gasteiger partial charge on any atom is -0.360 e. The van der Waals surface area contributed by atoms with Crippen molar-refractivity contribution in [2.24, 2.45) is 5.10 Å². The number of hydrazone groups is 1. The second-order valence-corrected chi connectivity index (χ2v) is 8.11. The first-order chi connectivity index (χ1) is 13.2. The second kappa shape index (κ2) is 7.58. The Labute approximate surface area is 167 Å². The Kier molecular flexibility index (Phi) is 5.36. The predicted octanol–water partition coefficient (Wildman–Crippen LogP) is 4.56. The third kappa shape index (κ3) is 3.84. The molecule has 1 N–H and O–H groups in total. The number of fused-ring (bicyclic) bond motifs is 1. The number of anilines is 1. The van der Waals surface area contributed by atoms with Crippen LogP contribution in [0.15, 0.2) is 47.8 Å². The maximum atomic E-state index is 12.1. The van der Waals surface area contributed by atoms with E-state index in [-0.39, 0.29) is 11.4 Å². The van der Waals surface area contributed by atoms with E-state index in [1.54, 1.807) is 30.7 Å². The quantitative estimate of drug-likeness (QED) is 0.628. The van der Waals surface area contributed by atoms with Crippen molar-refractivity contribution in [1.29, 1.82) is 0 Å². The van der Waals surface area contributed by atoms with Gasteiger partial charge in [0.2, 0.25) is 0 Å². The number of aromatic nitrogens is 1. The summed E-state index contributed by atoms with van der Waals surface area (Å²) in [4.78, 5) is 18.5. The van der Waals surface area contributed by atoms with Crippen molar-refractivity contribution in [1.82, 2.24) is 10.4 Å². The van der Waals surface area contributed by atoms with Gasteiger partial charge >= 0.3 is 0 Å². The molecule has 2 heterocycles. The smallest absolute Gasteiger partial charge is 0.271 e. The standard InChI is InChI=1S/C23H28N4O/c1-15(2)27-21-11-16(3)19(12-20(21)17(4)13-23(27,5)6)14-25-26-22(28)18-7-9-24-10-8-18/h7-15H,1-6H3,(H,26,28)/b25-14-. The molecule has 1 aliphatic heterocycles. The summed E-state index contributed by atoms with van der Waals surface area (Å²) in [5.74, 6) is -0.252. The summed E-state index contributed by atoms with van der Waals surface area (Å²) in [7, 11) is 0. The lowest BCUT2D eigenvalue weighted by Crippen LogP contribution is -2.49. The van der Waals surface area contributed by atoms with Crippen molar-refractivity contribution in [2.75, 3.05) is 4.90 Å². The number of carbonyl (C=O) groups excluding carboxylic acids is 1. The van der Waals surface area contributed by atoms with Crippen LogP contribution >= 0.6 is 0 Å². The summed E-state index contributed by atoms with van der Waals surface area (Å²) in [6.45, 7) is 13.2. The average molecular weight is 377 g/mol. The Balaban J connectivity index is 1.89. The number of nitrogens with zero attached hydrogens (tertiary/aromatic N) is 3. The Morgan fingerprint density at radius 3 is 2.54 bits per heavy atom. The summed E-state index contributed by atoms with van der Waals surface area (Å²) >= 11 is 0. The van der Waals surface area contributed by atoms with E-state index < -0.39 is 0 Å². The summed E-state index contributed by atoms with van der Waals surface area (Å²) in [6, 6.07) is 8.08. The molecule has 1 amide bonds. The summed E-state index contributed by atoms with van der Waals surface area (Å²) in [6.07, 6.45) is 7.20. The van der Waals surface area contributed by atoms with Gasteiger partial charge in [-0.25, -0.2) is 5.43 Å². The van der Waals surface area contributed by atoms with Crippen molar-refractivity contribution >= 4 is 23.4 Å². The predicted molar refractivity (Wildman–Crippen MR) is 116 cm³/mol. The monoisotopic (exact) mass is 376 g/mol. The third-order valence-electron chi connectivity index (χ3n) is 5.09. The van der Waals surface area contributed by atoms with Gasteiger partial charge in [0.1, 0.15) is 0 Å². The number of carbonyl (C=O) groups is 1. The van der Waals surface area contributed by atoms with Gasteiger partial charge in [-0.3, -0.25) is 9.78 Å². The highest BCUT2D eigenvalue weighted by Crippen LogP contribution is 2.41. The number of aryl methyl sites for hydroxylation is 1. The summed E-state index contributed by atoms with van der Waals surface area (Å²) in [5.41, 5.74) is 8.90. The fourth-order valence-corrected chi connectivity index (χ4v) is 4.02. The van der Waals surface area contributed by atoms with Crippen LogP contribution in [0, 0.1) is 6.92 Å². The number of rotatable bonds is 4. The van der Waals surface area contributed by atoms with E-state index >= 15 is 0 Å². The third-order valence-corrected chi connectivity index (χ3v) is 5.09. The maximum Gasteiger partial charge on any atom is 0.271 e. The summed E-state index contributed by atoms with van der Waals surface area (Å²) < 4.78 is 0. The summed E-state index contributed by atoms with van der Waals surface area (Å²) in [5, 5.41) is 4.16. The lowest BCUT2D eigenvalue weighted by Gasteiger charge is -2.46. The van der Waals surface area contributed by atoms with Gasteiger partial charge in [0.25, 0.3) is 5.91 Å². The molecule has 5 nitrogen and oxygen atoms in total. The Morgan fingerprint density at radius 2 is 1.89 bits per heavy atom. The number of allylic oxidation sites excluding steroid dienone is 1. The van der Waals surface area contributed by atoms with Gasteiger partial charge in [0.05, 0.1) is 11.8 Å². The van der Waals surface area contributed by atoms with Crippen LogP contribution in [-0.4, -0.2) is 28.7 Å². The first-order valence-electron chi connectivity index (χ1n) is 9.58.